The number of tetrazole rings is 1. The third-order valence-corrected chi connectivity index (χ3v) is 6.64. The van der Waals surface area contributed by atoms with Crippen molar-refractivity contribution in [3.63, 3.8) is 0 Å². The van der Waals surface area contributed by atoms with Crippen LogP contribution < -0.4 is 20.9 Å². The minimum Gasteiger partial charge on any atom is -0.347 e. The second-order valence-corrected chi connectivity index (χ2v) is 9.33. The molecule has 204 valence electrons. The molecule has 13 heteroatoms. The van der Waals surface area contributed by atoms with Gasteiger partial charge in [-0.3, -0.25) is 24.1 Å². The summed E-state index contributed by atoms with van der Waals surface area (Å²) in [5.41, 5.74) is 1.57. The van der Waals surface area contributed by atoms with Crippen LogP contribution in [0.2, 0.25) is 0 Å². The van der Waals surface area contributed by atoms with Crippen molar-refractivity contribution in [1.29, 1.82) is 0 Å². The van der Waals surface area contributed by atoms with E-state index >= 15 is 0 Å². The van der Waals surface area contributed by atoms with Gasteiger partial charge >= 0.3 is 0 Å². The second kappa shape index (κ2) is 12.7. The molecule has 0 spiro atoms. The highest BCUT2D eigenvalue weighted by Gasteiger charge is 2.39. The smallest absolute Gasteiger partial charge is 0.248 e. The number of anilines is 1. The summed E-state index contributed by atoms with van der Waals surface area (Å²) in [5, 5.41) is 21.6. The fraction of sp³-hybridized carbons (Fsp3) is 0.385. The van der Waals surface area contributed by atoms with Crippen LogP contribution in [0.15, 0.2) is 48.7 Å². The molecule has 1 aliphatic rings. The van der Waals surface area contributed by atoms with Crippen LogP contribution in [-0.2, 0) is 38.6 Å². The van der Waals surface area contributed by atoms with E-state index in [0.717, 1.165) is 11.1 Å². The molecule has 0 bridgehead atoms. The maximum atomic E-state index is 13.3. The van der Waals surface area contributed by atoms with Gasteiger partial charge < -0.3 is 16.0 Å². The molecule has 0 fully saturated rings. The van der Waals surface area contributed by atoms with Gasteiger partial charge in [-0.25, -0.2) is 4.98 Å². The van der Waals surface area contributed by atoms with Gasteiger partial charge in [0.2, 0.25) is 23.6 Å². The molecule has 3 aromatic rings. The minimum absolute atomic E-state index is 0.0354. The zero-order chi connectivity index (χ0) is 27.8. The summed E-state index contributed by atoms with van der Waals surface area (Å²) in [4.78, 5) is 57.8. The van der Waals surface area contributed by atoms with E-state index in [1.165, 1.54) is 4.90 Å². The summed E-state index contributed by atoms with van der Waals surface area (Å²) in [6.45, 7) is 3.45. The van der Waals surface area contributed by atoms with Gasteiger partial charge in [-0.15, -0.1) is 10.2 Å². The lowest BCUT2D eigenvalue weighted by atomic mass is 9.98. The summed E-state index contributed by atoms with van der Waals surface area (Å²) >= 11 is 0. The van der Waals surface area contributed by atoms with Crippen LogP contribution in [0.1, 0.15) is 37.2 Å². The lowest BCUT2D eigenvalue weighted by Crippen LogP contribution is -2.54. The third-order valence-electron chi connectivity index (χ3n) is 6.64. The van der Waals surface area contributed by atoms with Crippen molar-refractivity contribution in [3.05, 3.63) is 65.6 Å². The first kappa shape index (κ1) is 27.4. The molecule has 2 aromatic heterocycles. The second-order valence-electron chi connectivity index (χ2n) is 9.33. The Morgan fingerprint density at radius 3 is 2.62 bits per heavy atom. The van der Waals surface area contributed by atoms with E-state index in [9.17, 15) is 19.2 Å². The molecular weight excluding hydrogens is 502 g/mol. The predicted octanol–water partition coefficient (Wildman–Crippen LogP) is 0.0586. The van der Waals surface area contributed by atoms with Crippen molar-refractivity contribution in [2.45, 2.75) is 51.7 Å². The maximum absolute atomic E-state index is 13.3. The van der Waals surface area contributed by atoms with Crippen LogP contribution in [0, 0.1) is 5.92 Å². The molecule has 4 N–H and O–H groups in total. The van der Waals surface area contributed by atoms with Crippen LogP contribution in [0.5, 0.6) is 0 Å². The molecule has 0 unspecified atom stereocenters. The Balaban J connectivity index is 1.41. The number of pyridine rings is 1. The monoisotopic (exact) mass is 533 g/mol. The number of aromatic amines is 1. The minimum atomic E-state index is -0.859. The summed E-state index contributed by atoms with van der Waals surface area (Å²) in [6.07, 6.45) is 2.59. The van der Waals surface area contributed by atoms with Gasteiger partial charge in [-0.2, -0.15) is 5.21 Å². The van der Waals surface area contributed by atoms with Crippen molar-refractivity contribution >= 4 is 29.4 Å². The van der Waals surface area contributed by atoms with Crippen molar-refractivity contribution < 1.29 is 19.2 Å². The zero-order valence-electron chi connectivity index (χ0n) is 21.8. The Morgan fingerprint density at radius 2 is 1.90 bits per heavy atom. The number of rotatable bonds is 11. The van der Waals surface area contributed by atoms with E-state index in [4.69, 9.17) is 0 Å². The number of carbonyl (C=O) groups excluding carboxylic acids is 4. The van der Waals surface area contributed by atoms with E-state index in [1.54, 1.807) is 18.3 Å². The highest BCUT2D eigenvalue weighted by atomic mass is 16.2. The predicted molar refractivity (Wildman–Crippen MR) is 140 cm³/mol. The summed E-state index contributed by atoms with van der Waals surface area (Å²) < 4.78 is 0. The van der Waals surface area contributed by atoms with Gasteiger partial charge in [0.05, 0.1) is 19.5 Å². The maximum Gasteiger partial charge on any atom is 0.248 e. The molecular formula is C26H31N9O4. The first-order chi connectivity index (χ1) is 18.9. The number of benzene rings is 1. The molecule has 3 atom stereocenters. The molecule has 1 aromatic carbocycles. The number of hydrogen-bond acceptors (Lipinski definition) is 8. The van der Waals surface area contributed by atoms with E-state index < -0.39 is 29.8 Å². The van der Waals surface area contributed by atoms with E-state index in [-0.39, 0.29) is 37.8 Å². The average molecular weight is 534 g/mol. The molecule has 4 rings (SSSR count). The van der Waals surface area contributed by atoms with Gasteiger partial charge in [0.1, 0.15) is 17.9 Å². The Bertz CT molecular complexity index is 1300. The standard InChI is InChI=1S/C26H31N9O4/c1-3-16(2)23(30-21(36)12-17-8-5-4-6-9-17)26(39)29-15-22(37)35-19(13-18-10-7-11-27-24(18)35)25(38)28-14-20-31-33-34-32-20/h4-11,16,19,23H,3,12-15H2,1-2H3,(H,28,38)(H,29,39)(H,30,36)(H,31,32,33,34)/t16-,19-,23-/m0/s1. The topological polar surface area (TPSA) is 175 Å². The number of carbonyl (C=O) groups is 4. The molecule has 0 saturated carbocycles. The normalized spacial score (nSPS) is 15.6. The van der Waals surface area contributed by atoms with Gasteiger partial charge in [0.15, 0.2) is 5.82 Å². The van der Waals surface area contributed by atoms with Crippen molar-refractivity contribution in [1.82, 2.24) is 41.6 Å². The number of amides is 4. The summed E-state index contributed by atoms with van der Waals surface area (Å²) in [5.74, 6) is -1.18. The number of hydrogen-bond donors (Lipinski definition) is 4. The fourth-order valence-corrected chi connectivity index (χ4v) is 4.36. The first-order valence-corrected chi connectivity index (χ1v) is 12.7. The Labute approximate surface area is 225 Å². The highest BCUT2D eigenvalue weighted by molar-refractivity contribution is 6.04. The SMILES string of the molecule is CC[C@H](C)[C@H](NC(=O)Cc1ccccc1)C(=O)NCC(=O)N1c2ncccc2C[C@H]1C(=O)NCc1nn[nH]n1. The molecule has 1 aliphatic heterocycles. The van der Waals surface area contributed by atoms with Gasteiger partial charge in [0.25, 0.3) is 0 Å². The zero-order valence-corrected chi connectivity index (χ0v) is 21.8. The Kier molecular flexibility index (Phi) is 8.92. The highest BCUT2D eigenvalue weighted by Crippen LogP contribution is 2.30. The van der Waals surface area contributed by atoms with Gasteiger partial charge in [0, 0.05) is 12.6 Å². The lowest BCUT2D eigenvalue weighted by Gasteiger charge is -2.26. The number of fused-ring (bicyclic) bond motifs is 1. The summed E-state index contributed by atoms with van der Waals surface area (Å²) in [7, 11) is 0. The molecule has 13 nitrogen and oxygen atoms in total. The molecule has 39 heavy (non-hydrogen) atoms. The van der Waals surface area contributed by atoms with E-state index in [2.05, 4.69) is 41.6 Å². The molecule has 3 heterocycles. The quantitative estimate of drug-likeness (QED) is 0.268. The first-order valence-electron chi connectivity index (χ1n) is 12.7. The Morgan fingerprint density at radius 1 is 1.10 bits per heavy atom. The van der Waals surface area contributed by atoms with Crippen LogP contribution in [-0.4, -0.2) is 67.9 Å². The third kappa shape index (κ3) is 6.80. The van der Waals surface area contributed by atoms with Gasteiger partial charge in [-0.1, -0.05) is 61.9 Å². The van der Waals surface area contributed by atoms with Crippen molar-refractivity contribution in [3.8, 4) is 0 Å². The van der Waals surface area contributed by atoms with E-state index in [1.807, 2.05) is 44.2 Å². The lowest BCUT2D eigenvalue weighted by molar-refractivity contribution is -0.131. The summed E-state index contributed by atoms with van der Waals surface area (Å²) in [6, 6.07) is 11.1. The number of nitrogens with one attached hydrogen (secondary N) is 4. The molecule has 4 amide bonds. The van der Waals surface area contributed by atoms with Crippen molar-refractivity contribution in [2.24, 2.45) is 5.92 Å². The number of H-pyrrole nitrogens is 1. The van der Waals surface area contributed by atoms with Crippen molar-refractivity contribution in [2.75, 3.05) is 11.4 Å². The molecule has 0 saturated heterocycles. The van der Waals surface area contributed by atoms with Crippen LogP contribution >= 0.6 is 0 Å². The van der Waals surface area contributed by atoms with Gasteiger partial charge in [-0.05, 0) is 23.1 Å². The van der Waals surface area contributed by atoms with Crippen LogP contribution in [0.3, 0.4) is 0 Å². The number of nitrogens with zero attached hydrogens (tertiary/aromatic N) is 5. The number of aromatic nitrogens is 5. The van der Waals surface area contributed by atoms with E-state index in [0.29, 0.717) is 18.1 Å². The Hall–Kier alpha value is -4.68. The van der Waals surface area contributed by atoms with Crippen LogP contribution in [0.25, 0.3) is 0 Å². The average Bonchev–Trinajstić information content (AvgIpc) is 3.61. The molecule has 0 radical (unpaired) electrons. The van der Waals surface area contributed by atoms with Crippen LogP contribution in [0.4, 0.5) is 5.82 Å². The molecule has 0 aliphatic carbocycles. The fourth-order valence-electron chi connectivity index (χ4n) is 4.36. The largest absolute Gasteiger partial charge is 0.347 e.